The summed E-state index contributed by atoms with van der Waals surface area (Å²) in [5.41, 5.74) is -0.529. The Morgan fingerprint density at radius 2 is 1.71 bits per heavy atom. The molecule has 0 aromatic rings. The topological polar surface area (TPSA) is 102 Å². The van der Waals surface area contributed by atoms with Gasteiger partial charge in [0.2, 0.25) is 0 Å². The first-order valence-electron chi connectivity index (χ1n) is 7.87. The van der Waals surface area contributed by atoms with Crippen LogP contribution < -0.4 is 5.32 Å². The number of hydrogen-bond acceptors (Lipinski definition) is 6. The van der Waals surface area contributed by atoms with E-state index in [0.717, 1.165) is 0 Å². The van der Waals surface area contributed by atoms with Crippen LogP contribution in [0, 0.1) is 0 Å². The van der Waals surface area contributed by atoms with Crippen LogP contribution in [0.15, 0.2) is 12.2 Å². The standard InChI is InChI=1S/C16H24N2O6/c1-16(2,3)23-15(22)17-11-7-5-4-6-8-14(21)24-18-12(19)9-10-13(18)20/h4-5H,6-11H2,1-3H3,(H,17,22)/b5-4+. The highest BCUT2D eigenvalue weighted by Crippen LogP contribution is 2.13. The first-order chi connectivity index (χ1) is 11.2. The zero-order chi connectivity index (χ0) is 18.2. The second kappa shape index (κ2) is 9.05. The molecule has 8 nitrogen and oxygen atoms in total. The number of nitrogens with one attached hydrogen (secondary N) is 1. The predicted octanol–water partition coefficient (Wildman–Crippen LogP) is 1.84. The van der Waals surface area contributed by atoms with Gasteiger partial charge in [0.05, 0.1) is 6.42 Å². The maximum atomic E-state index is 11.5. The molecule has 0 saturated carbocycles. The number of carbonyl (C=O) groups is 4. The summed E-state index contributed by atoms with van der Waals surface area (Å²) in [6.07, 6.45) is 4.35. The van der Waals surface area contributed by atoms with Gasteiger partial charge in [-0.05, 0) is 33.6 Å². The summed E-state index contributed by atoms with van der Waals surface area (Å²) in [5, 5.41) is 3.15. The number of alkyl carbamates (subject to hydrolysis) is 1. The van der Waals surface area contributed by atoms with Gasteiger partial charge in [-0.25, -0.2) is 9.59 Å². The lowest BCUT2D eigenvalue weighted by atomic mass is 10.2. The third-order valence-corrected chi connectivity index (χ3v) is 2.86. The van der Waals surface area contributed by atoms with Crippen molar-refractivity contribution in [1.29, 1.82) is 0 Å². The largest absolute Gasteiger partial charge is 0.444 e. The quantitative estimate of drug-likeness (QED) is 0.431. The molecular weight excluding hydrogens is 316 g/mol. The van der Waals surface area contributed by atoms with E-state index in [1.807, 2.05) is 6.08 Å². The van der Waals surface area contributed by atoms with E-state index in [4.69, 9.17) is 9.57 Å². The van der Waals surface area contributed by atoms with Gasteiger partial charge in [-0.2, -0.15) is 0 Å². The summed E-state index contributed by atoms with van der Waals surface area (Å²) in [5.74, 6) is -1.61. The second-order valence-corrected chi connectivity index (χ2v) is 6.27. The Kier molecular flexibility index (Phi) is 7.41. The molecule has 0 aliphatic carbocycles. The third kappa shape index (κ3) is 7.75. The molecule has 1 N–H and O–H groups in total. The van der Waals surface area contributed by atoms with Crippen molar-refractivity contribution in [3.8, 4) is 0 Å². The third-order valence-electron chi connectivity index (χ3n) is 2.86. The average Bonchev–Trinajstić information content (AvgIpc) is 2.76. The van der Waals surface area contributed by atoms with E-state index in [-0.39, 0.29) is 19.3 Å². The van der Waals surface area contributed by atoms with Crippen molar-refractivity contribution in [3.63, 3.8) is 0 Å². The van der Waals surface area contributed by atoms with E-state index in [1.54, 1.807) is 26.8 Å². The van der Waals surface area contributed by atoms with E-state index in [9.17, 15) is 19.2 Å². The minimum absolute atomic E-state index is 0.0626. The maximum absolute atomic E-state index is 11.5. The van der Waals surface area contributed by atoms with E-state index in [2.05, 4.69) is 5.32 Å². The van der Waals surface area contributed by atoms with Gasteiger partial charge in [0.25, 0.3) is 11.8 Å². The Bertz CT molecular complexity index is 505. The molecule has 134 valence electrons. The smallest absolute Gasteiger partial charge is 0.407 e. The number of hydrogen-bond donors (Lipinski definition) is 1. The van der Waals surface area contributed by atoms with Crippen molar-refractivity contribution in [2.45, 2.75) is 58.5 Å². The van der Waals surface area contributed by atoms with Crippen LogP contribution in [0.1, 0.15) is 52.9 Å². The summed E-state index contributed by atoms with van der Waals surface area (Å²) < 4.78 is 5.08. The Hall–Kier alpha value is -2.38. The molecule has 24 heavy (non-hydrogen) atoms. The molecule has 1 heterocycles. The lowest BCUT2D eigenvalue weighted by Crippen LogP contribution is -2.32. The van der Waals surface area contributed by atoms with Crippen molar-refractivity contribution >= 4 is 23.9 Å². The Balaban J connectivity index is 2.11. The molecule has 0 aromatic carbocycles. The summed E-state index contributed by atoms with van der Waals surface area (Å²) in [6, 6.07) is 0. The number of imide groups is 1. The Morgan fingerprint density at radius 3 is 2.29 bits per heavy atom. The SMILES string of the molecule is CC(C)(C)OC(=O)NCC/C=C/CCC(=O)ON1C(=O)CCC1=O. The molecule has 1 rings (SSSR count). The lowest BCUT2D eigenvalue weighted by Gasteiger charge is -2.19. The van der Waals surface area contributed by atoms with Gasteiger partial charge in [-0.1, -0.05) is 12.2 Å². The van der Waals surface area contributed by atoms with E-state index >= 15 is 0 Å². The number of allylic oxidation sites excluding steroid dienone is 1. The first-order valence-corrected chi connectivity index (χ1v) is 7.87. The molecular formula is C16H24N2O6. The van der Waals surface area contributed by atoms with Crippen molar-refractivity contribution in [2.24, 2.45) is 0 Å². The Morgan fingerprint density at radius 1 is 1.12 bits per heavy atom. The van der Waals surface area contributed by atoms with Gasteiger partial charge < -0.3 is 14.9 Å². The molecule has 1 saturated heterocycles. The van der Waals surface area contributed by atoms with Crippen molar-refractivity contribution in [1.82, 2.24) is 10.4 Å². The molecule has 1 fully saturated rings. The molecule has 3 amide bonds. The lowest BCUT2D eigenvalue weighted by molar-refractivity contribution is -0.197. The molecule has 0 radical (unpaired) electrons. The summed E-state index contributed by atoms with van der Waals surface area (Å²) in [6.45, 7) is 5.78. The van der Waals surface area contributed by atoms with Gasteiger partial charge >= 0.3 is 12.1 Å². The van der Waals surface area contributed by atoms with Crippen molar-refractivity contribution in [2.75, 3.05) is 6.54 Å². The minimum atomic E-state index is -0.630. The molecule has 0 spiro atoms. The number of hydroxylamine groups is 2. The van der Waals surface area contributed by atoms with Crippen molar-refractivity contribution < 1.29 is 28.8 Å². The van der Waals surface area contributed by atoms with Crippen LogP contribution >= 0.6 is 0 Å². The number of nitrogens with zero attached hydrogens (tertiary/aromatic N) is 1. The van der Waals surface area contributed by atoms with Crippen LogP contribution in [-0.4, -0.2) is 41.1 Å². The Labute approximate surface area is 141 Å². The fourth-order valence-corrected chi connectivity index (χ4v) is 1.81. The highest BCUT2D eigenvalue weighted by atomic mass is 16.7. The van der Waals surface area contributed by atoms with E-state index < -0.39 is 29.5 Å². The normalized spacial score (nSPS) is 15.0. The fraction of sp³-hybridized carbons (Fsp3) is 0.625. The van der Waals surface area contributed by atoms with Gasteiger partial charge in [-0.15, -0.1) is 5.06 Å². The number of ether oxygens (including phenoxy) is 1. The molecule has 1 aliphatic rings. The van der Waals surface area contributed by atoms with E-state index in [0.29, 0.717) is 24.4 Å². The summed E-state index contributed by atoms with van der Waals surface area (Å²) >= 11 is 0. The minimum Gasteiger partial charge on any atom is -0.444 e. The zero-order valence-electron chi connectivity index (χ0n) is 14.3. The molecule has 8 heteroatoms. The summed E-state index contributed by atoms with van der Waals surface area (Å²) in [7, 11) is 0. The number of rotatable bonds is 7. The van der Waals surface area contributed by atoms with Crippen LogP contribution in [0.25, 0.3) is 0 Å². The monoisotopic (exact) mass is 340 g/mol. The van der Waals surface area contributed by atoms with Gasteiger partial charge in [0, 0.05) is 19.4 Å². The number of amides is 3. The molecule has 0 aromatic heterocycles. The second-order valence-electron chi connectivity index (χ2n) is 6.27. The molecule has 1 aliphatic heterocycles. The highest BCUT2D eigenvalue weighted by molar-refractivity contribution is 6.01. The fourth-order valence-electron chi connectivity index (χ4n) is 1.81. The average molecular weight is 340 g/mol. The van der Waals surface area contributed by atoms with Crippen LogP contribution in [-0.2, 0) is 24.0 Å². The number of carbonyl (C=O) groups excluding carboxylic acids is 4. The van der Waals surface area contributed by atoms with Gasteiger partial charge in [-0.3, -0.25) is 9.59 Å². The van der Waals surface area contributed by atoms with Crippen molar-refractivity contribution in [3.05, 3.63) is 12.2 Å². The van der Waals surface area contributed by atoms with Gasteiger partial charge in [0.1, 0.15) is 5.60 Å². The van der Waals surface area contributed by atoms with Gasteiger partial charge in [0.15, 0.2) is 0 Å². The maximum Gasteiger partial charge on any atom is 0.407 e. The summed E-state index contributed by atoms with van der Waals surface area (Å²) in [4.78, 5) is 50.2. The first kappa shape index (κ1) is 19.7. The molecule has 0 unspecified atom stereocenters. The van der Waals surface area contributed by atoms with Crippen LogP contribution in [0.3, 0.4) is 0 Å². The predicted molar refractivity (Wildman–Crippen MR) is 84.4 cm³/mol. The molecule has 0 bridgehead atoms. The van der Waals surface area contributed by atoms with Crippen LogP contribution in [0.5, 0.6) is 0 Å². The van der Waals surface area contributed by atoms with E-state index in [1.165, 1.54) is 0 Å². The highest BCUT2D eigenvalue weighted by Gasteiger charge is 2.32. The zero-order valence-corrected chi connectivity index (χ0v) is 14.3. The van der Waals surface area contributed by atoms with Crippen LogP contribution in [0.2, 0.25) is 0 Å². The molecule has 0 atom stereocenters. The van der Waals surface area contributed by atoms with Crippen LogP contribution in [0.4, 0.5) is 4.79 Å².